The Labute approximate surface area is 169 Å². The largest absolute Gasteiger partial charge is 0.488 e. The second-order valence-electron chi connectivity index (χ2n) is 6.33. The van der Waals surface area contributed by atoms with Crippen LogP contribution in [0.5, 0.6) is 5.75 Å². The molecule has 1 saturated heterocycles. The molecule has 0 amide bonds. The van der Waals surface area contributed by atoms with Crippen molar-refractivity contribution >= 4 is 40.4 Å². The summed E-state index contributed by atoms with van der Waals surface area (Å²) in [5.74, 6) is 0.615. The van der Waals surface area contributed by atoms with E-state index in [1.54, 1.807) is 41.3 Å². The first-order valence-corrected chi connectivity index (χ1v) is 9.22. The molecule has 0 spiro atoms. The van der Waals surface area contributed by atoms with Gasteiger partial charge in [0, 0.05) is 25.2 Å². The molecule has 2 aromatic heterocycles. The van der Waals surface area contributed by atoms with Gasteiger partial charge in [-0.25, -0.2) is 4.98 Å². The molecular weight excluding hydrogens is 407 g/mol. The standard InChI is InChI=1S/C18H14Cl2N4O4/c19-13-5-4-11(9-14(13)20)28-12-6-8-22(10-12)17-16(24(26)27)18(25)23-7-2-1-3-15(23)21-17/h1-5,7,9,12H,6,8,10H2. The monoisotopic (exact) mass is 420 g/mol. The van der Waals surface area contributed by atoms with Crippen molar-refractivity contribution in [3.8, 4) is 5.75 Å². The Morgan fingerprint density at radius 1 is 1.21 bits per heavy atom. The molecule has 1 aliphatic heterocycles. The number of nitrogens with zero attached hydrogens (tertiary/aromatic N) is 4. The van der Waals surface area contributed by atoms with Crippen molar-refractivity contribution in [1.29, 1.82) is 0 Å². The number of hydrogen-bond acceptors (Lipinski definition) is 6. The Hall–Kier alpha value is -2.84. The molecule has 0 bridgehead atoms. The van der Waals surface area contributed by atoms with E-state index < -0.39 is 16.2 Å². The fraction of sp³-hybridized carbons (Fsp3) is 0.222. The SMILES string of the molecule is O=c1c([N+](=O)[O-])c(N2CCC(Oc3ccc(Cl)c(Cl)c3)C2)nc2ccccn12. The highest BCUT2D eigenvalue weighted by Crippen LogP contribution is 2.30. The molecule has 0 aliphatic carbocycles. The van der Waals surface area contributed by atoms with E-state index in [1.807, 2.05) is 0 Å². The second kappa shape index (κ2) is 7.29. The molecule has 3 aromatic rings. The number of hydrogen-bond donors (Lipinski definition) is 0. The molecule has 0 saturated carbocycles. The van der Waals surface area contributed by atoms with Crippen LogP contribution in [0.25, 0.3) is 5.65 Å². The average molecular weight is 421 g/mol. The van der Waals surface area contributed by atoms with Crippen molar-refractivity contribution in [2.45, 2.75) is 12.5 Å². The summed E-state index contributed by atoms with van der Waals surface area (Å²) in [5, 5.41) is 12.4. The van der Waals surface area contributed by atoms with Crippen molar-refractivity contribution in [1.82, 2.24) is 9.38 Å². The molecular formula is C18H14Cl2N4O4. The third kappa shape index (κ3) is 3.36. The van der Waals surface area contributed by atoms with E-state index in [0.29, 0.717) is 41.0 Å². The zero-order valence-electron chi connectivity index (χ0n) is 14.4. The van der Waals surface area contributed by atoms with E-state index in [1.165, 1.54) is 10.6 Å². The molecule has 1 unspecified atom stereocenters. The van der Waals surface area contributed by atoms with Gasteiger partial charge in [-0.05, 0) is 24.3 Å². The van der Waals surface area contributed by atoms with E-state index in [2.05, 4.69) is 4.98 Å². The van der Waals surface area contributed by atoms with Crippen LogP contribution in [-0.4, -0.2) is 33.5 Å². The number of benzene rings is 1. The molecule has 8 nitrogen and oxygen atoms in total. The van der Waals surface area contributed by atoms with Crippen molar-refractivity contribution in [2.24, 2.45) is 0 Å². The van der Waals surface area contributed by atoms with Gasteiger partial charge in [0.25, 0.3) is 0 Å². The van der Waals surface area contributed by atoms with E-state index >= 15 is 0 Å². The molecule has 1 aliphatic rings. The molecule has 10 heteroatoms. The molecule has 144 valence electrons. The number of halogens is 2. The van der Waals surface area contributed by atoms with Gasteiger partial charge in [0.2, 0.25) is 5.82 Å². The summed E-state index contributed by atoms with van der Waals surface area (Å²) < 4.78 is 7.08. The van der Waals surface area contributed by atoms with Crippen LogP contribution < -0.4 is 15.2 Å². The smallest absolute Gasteiger partial charge is 0.376 e. The lowest BCUT2D eigenvalue weighted by Crippen LogP contribution is -2.29. The molecule has 0 radical (unpaired) electrons. The number of rotatable bonds is 4. The van der Waals surface area contributed by atoms with E-state index in [4.69, 9.17) is 27.9 Å². The quantitative estimate of drug-likeness (QED) is 0.473. The van der Waals surface area contributed by atoms with Crippen LogP contribution in [0.15, 0.2) is 47.4 Å². The lowest BCUT2D eigenvalue weighted by molar-refractivity contribution is -0.385. The Bertz CT molecular complexity index is 1130. The first kappa shape index (κ1) is 18.5. The van der Waals surface area contributed by atoms with Gasteiger partial charge in [-0.3, -0.25) is 19.3 Å². The third-order valence-electron chi connectivity index (χ3n) is 4.51. The predicted octanol–water partition coefficient (Wildman–Crippen LogP) is 3.57. The molecule has 28 heavy (non-hydrogen) atoms. The van der Waals surface area contributed by atoms with Crippen LogP contribution in [0.4, 0.5) is 11.5 Å². The molecule has 0 N–H and O–H groups in total. The summed E-state index contributed by atoms with van der Waals surface area (Å²) in [7, 11) is 0. The zero-order chi connectivity index (χ0) is 19.8. The molecule has 4 rings (SSSR count). The molecule has 1 aromatic carbocycles. The average Bonchev–Trinajstić information content (AvgIpc) is 3.13. The number of anilines is 1. The summed E-state index contributed by atoms with van der Waals surface area (Å²) in [4.78, 5) is 29.5. The van der Waals surface area contributed by atoms with Crippen LogP contribution in [0.3, 0.4) is 0 Å². The van der Waals surface area contributed by atoms with Gasteiger partial charge in [-0.1, -0.05) is 29.3 Å². The minimum atomic E-state index is -0.709. The van der Waals surface area contributed by atoms with Crippen LogP contribution in [0, 0.1) is 10.1 Å². The minimum Gasteiger partial charge on any atom is -0.488 e. The summed E-state index contributed by atoms with van der Waals surface area (Å²) in [6.07, 6.45) is 1.85. The first-order valence-electron chi connectivity index (χ1n) is 8.46. The third-order valence-corrected chi connectivity index (χ3v) is 5.25. The highest BCUT2D eigenvalue weighted by Gasteiger charge is 2.33. The number of fused-ring (bicyclic) bond motifs is 1. The summed E-state index contributed by atoms with van der Waals surface area (Å²) in [6, 6.07) is 9.95. The second-order valence-corrected chi connectivity index (χ2v) is 7.14. The zero-order valence-corrected chi connectivity index (χ0v) is 15.9. The number of nitro groups is 1. The minimum absolute atomic E-state index is 0.0569. The van der Waals surface area contributed by atoms with E-state index in [0.717, 1.165) is 0 Å². The van der Waals surface area contributed by atoms with Gasteiger partial charge < -0.3 is 9.64 Å². The van der Waals surface area contributed by atoms with Crippen LogP contribution in [-0.2, 0) is 0 Å². The van der Waals surface area contributed by atoms with Crippen molar-refractivity contribution in [2.75, 3.05) is 18.0 Å². The maximum Gasteiger partial charge on any atom is 0.376 e. The highest BCUT2D eigenvalue weighted by molar-refractivity contribution is 6.42. The van der Waals surface area contributed by atoms with Crippen molar-refractivity contribution < 1.29 is 9.66 Å². The van der Waals surface area contributed by atoms with Crippen molar-refractivity contribution in [3.63, 3.8) is 0 Å². The Kier molecular flexibility index (Phi) is 4.82. The van der Waals surface area contributed by atoms with Crippen molar-refractivity contribution in [3.05, 3.63) is 73.1 Å². The lowest BCUT2D eigenvalue weighted by atomic mass is 10.3. The lowest BCUT2D eigenvalue weighted by Gasteiger charge is -2.18. The number of ether oxygens (including phenoxy) is 1. The maximum atomic E-state index is 12.6. The predicted molar refractivity (Wildman–Crippen MR) is 106 cm³/mol. The number of pyridine rings is 1. The van der Waals surface area contributed by atoms with Crippen LogP contribution in [0.1, 0.15) is 6.42 Å². The van der Waals surface area contributed by atoms with Crippen LogP contribution in [0.2, 0.25) is 10.0 Å². The Morgan fingerprint density at radius 3 is 2.79 bits per heavy atom. The van der Waals surface area contributed by atoms with Gasteiger partial charge >= 0.3 is 11.2 Å². The van der Waals surface area contributed by atoms with Crippen LogP contribution >= 0.6 is 23.2 Å². The molecule has 1 fully saturated rings. The highest BCUT2D eigenvalue weighted by atomic mass is 35.5. The van der Waals surface area contributed by atoms with E-state index in [-0.39, 0.29) is 11.9 Å². The number of aromatic nitrogens is 2. The van der Waals surface area contributed by atoms with Gasteiger partial charge in [0.05, 0.1) is 21.5 Å². The van der Waals surface area contributed by atoms with Gasteiger partial charge in [0.15, 0.2) is 0 Å². The molecule has 1 atom stereocenters. The normalized spacial score (nSPS) is 16.5. The fourth-order valence-corrected chi connectivity index (χ4v) is 3.50. The van der Waals surface area contributed by atoms with E-state index in [9.17, 15) is 14.9 Å². The van der Waals surface area contributed by atoms with Gasteiger partial charge in [-0.15, -0.1) is 0 Å². The summed E-state index contributed by atoms with van der Waals surface area (Å²) in [6.45, 7) is 0.832. The Balaban J connectivity index is 1.64. The molecule has 3 heterocycles. The topological polar surface area (TPSA) is 90.0 Å². The first-order chi connectivity index (χ1) is 13.4. The summed E-state index contributed by atoms with van der Waals surface area (Å²) >= 11 is 11.9. The summed E-state index contributed by atoms with van der Waals surface area (Å²) in [5.41, 5.74) is -0.903. The van der Waals surface area contributed by atoms with Gasteiger partial charge in [-0.2, -0.15) is 0 Å². The maximum absolute atomic E-state index is 12.6. The Morgan fingerprint density at radius 2 is 2.04 bits per heavy atom. The fourth-order valence-electron chi connectivity index (χ4n) is 3.21. The van der Waals surface area contributed by atoms with Gasteiger partial charge in [0.1, 0.15) is 17.5 Å².